The van der Waals surface area contributed by atoms with Crippen LogP contribution >= 0.6 is 11.6 Å². The number of rotatable bonds is 6. The van der Waals surface area contributed by atoms with Gasteiger partial charge in [0.2, 0.25) is 10.0 Å². The molecule has 0 unspecified atom stereocenters. The highest BCUT2D eigenvalue weighted by atomic mass is 35.5. The lowest BCUT2D eigenvalue weighted by molar-refractivity contribution is 0.328. The average molecular weight is 362 g/mol. The fourth-order valence-corrected chi connectivity index (χ4v) is 4.74. The summed E-state index contributed by atoms with van der Waals surface area (Å²) in [4.78, 5) is 8.15. The molecule has 0 atom stereocenters. The molecule has 9 heteroatoms. The summed E-state index contributed by atoms with van der Waals surface area (Å²) in [6.07, 6.45) is 2.89. The van der Waals surface area contributed by atoms with E-state index in [2.05, 4.69) is 20.6 Å². The molecule has 1 aliphatic rings. The smallest absolute Gasteiger partial charge is 0.214 e. The minimum Gasteiger partial charge on any atom is -0.383 e. The van der Waals surface area contributed by atoms with Crippen molar-refractivity contribution in [2.45, 2.75) is 32.7 Å². The average Bonchev–Trinajstić information content (AvgIpc) is 2.47. The molecule has 0 spiro atoms. The Hall–Kier alpha value is -1.12. The van der Waals surface area contributed by atoms with Crippen LogP contribution in [0, 0.1) is 5.92 Å². The third kappa shape index (κ3) is 4.68. The molecule has 0 radical (unpaired) electrons. The van der Waals surface area contributed by atoms with Crippen LogP contribution in [-0.4, -0.2) is 54.6 Å². The summed E-state index contributed by atoms with van der Waals surface area (Å²) in [5.41, 5.74) is 0.657. The van der Waals surface area contributed by atoms with E-state index in [4.69, 9.17) is 11.6 Å². The van der Waals surface area contributed by atoms with Crippen LogP contribution in [0.25, 0.3) is 0 Å². The Balaban J connectivity index is 1.97. The molecule has 1 saturated heterocycles. The van der Waals surface area contributed by atoms with E-state index in [-0.39, 0.29) is 17.7 Å². The largest absolute Gasteiger partial charge is 0.383 e. The maximum atomic E-state index is 12.3. The van der Waals surface area contributed by atoms with Crippen molar-refractivity contribution < 1.29 is 8.42 Å². The first-order valence-corrected chi connectivity index (χ1v) is 9.74. The van der Waals surface area contributed by atoms with E-state index in [0.717, 1.165) is 12.8 Å². The number of anilines is 2. The zero-order chi connectivity index (χ0) is 17.0. The number of aromatic nitrogens is 2. The second-order valence-electron chi connectivity index (χ2n) is 6.13. The van der Waals surface area contributed by atoms with Gasteiger partial charge in [0.25, 0.3) is 0 Å². The van der Waals surface area contributed by atoms with Gasteiger partial charge < -0.3 is 10.6 Å². The molecule has 0 amide bonds. The highest BCUT2D eigenvalue weighted by Gasteiger charge is 2.29. The lowest BCUT2D eigenvalue weighted by Crippen LogP contribution is -2.44. The van der Waals surface area contributed by atoms with Gasteiger partial charge in [-0.1, -0.05) is 25.4 Å². The van der Waals surface area contributed by atoms with Crippen molar-refractivity contribution in [3.05, 3.63) is 11.5 Å². The van der Waals surface area contributed by atoms with Gasteiger partial charge in [0, 0.05) is 26.2 Å². The van der Waals surface area contributed by atoms with Gasteiger partial charge in [-0.15, -0.1) is 0 Å². The van der Waals surface area contributed by atoms with Crippen LogP contribution in [-0.2, 0) is 10.0 Å². The van der Waals surface area contributed by atoms with Crippen molar-refractivity contribution in [2.24, 2.45) is 5.92 Å². The van der Waals surface area contributed by atoms with Crippen LogP contribution in [0.5, 0.6) is 0 Å². The van der Waals surface area contributed by atoms with Gasteiger partial charge in [0.05, 0.1) is 5.75 Å². The van der Waals surface area contributed by atoms with Crippen LogP contribution in [0.1, 0.15) is 26.7 Å². The van der Waals surface area contributed by atoms with E-state index in [9.17, 15) is 8.42 Å². The predicted molar refractivity (Wildman–Crippen MR) is 93.4 cm³/mol. The molecule has 0 aromatic carbocycles. The SMILES string of the molecule is CNc1c(Cl)ncnc1NC1CCN(S(=O)(=O)CC(C)C)CC1. The Labute approximate surface area is 142 Å². The fraction of sp³-hybridized carbons (Fsp3) is 0.714. The van der Waals surface area contributed by atoms with E-state index in [0.29, 0.717) is 29.7 Å². The molecule has 1 aliphatic heterocycles. The van der Waals surface area contributed by atoms with Crippen LogP contribution in [0.2, 0.25) is 5.15 Å². The standard InChI is InChI=1S/C14H24ClN5O2S/c1-10(2)8-23(21,22)20-6-4-11(5-7-20)19-14-12(16-3)13(15)17-9-18-14/h9-11,16H,4-8H2,1-3H3,(H,17,18,19). The van der Waals surface area contributed by atoms with Gasteiger partial charge in [-0.05, 0) is 18.8 Å². The summed E-state index contributed by atoms with van der Waals surface area (Å²) in [7, 11) is -1.39. The van der Waals surface area contributed by atoms with Crippen molar-refractivity contribution in [2.75, 3.05) is 36.5 Å². The molecular weight excluding hydrogens is 338 g/mol. The second-order valence-corrected chi connectivity index (χ2v) is 8.50. The molecular formula is C14H24ClN5O2S. The third-order valence-electron chi connectivity index (χ3n) is 3.78. The van der Waals surface area contributed by atoms with E-state index in [1.54, 1.807) is 11.4 Å². The Kier molecular flexibility index (Phi) is 6.05. The third-order valence-corrected chi connectivity index (χ3v) is 6.31. The highest BCUT2D eigenvalue weighted by Crippen LogP contribution is 2.27. The molecule has 2 rings (SSSR count). The number of nitrogens with one attached hydrogen (secondary N) is 2. The van der Waals surface area contributed by atoms with Crippen LogP contribution in [0.4, 0.5) is 11.5 Å². The normalized spacial score (nSPS) is 17.4. The number of hydrogen-bond donors (Lipinski definition) is 2. The van der Waals surface area contributed by atoms with E-state index in [1.165, 1.54) is 6.33 Å². The zero-order valence-electron chi connectivity index (χ0n) is 13.7. The maximum absolute atomic E-state index is 12.3. The number of halogens is 1. The van der Waals surface area contributed by atoms with E-state index < -0.39 is 10.0 Å². The molecule has 1 aromatic heterocycles. The minimum absolute atomic E-state index is 0.136. The minimum atomic E-state index is -3.15. The quantitative estimate of drug-likeness (QED) is 0.754. The number of piperidine rings is 1. The lowest BCUT2D eigenvalue weighted by atomic mass is 10.1. The van der Waals surface area contributed by atoms with Gasteiger partial charge in [0.1, 0.15) is 12.0 Å². The Morgan fingerprint density at radius 1 is 1.35 bits per heavy atom. The van der Waals surface area contributed by atoms with E-state index >= 15 is 0 Å². The monoisotopic (exact) mass is 361 g/mol. The maximum Gasteiger partial charge on any atom is 0.214 e. The zero-order valence-corrected chi connectivity index (χ0v) is 15.3. The lowest BCUT2D eigenvalue weighted by Gasteiger charge is -2.32. The van der Waals surface area contributed by atoms with Crippen molar-refractivity contribution in [1.82, 2.24) is 14.3 Å². The summed E-state index contributed by atoms with van der Waals surface area (Å²) in [5, 5.41) is 6.68. The van der Waals surface area contributed by atoms with Gasteiger partial charge in [-0.3, -0.25) is 0 Å². The van der Waals surface area contributed by atoms with Crippen molar-refractivity contribution >= 4 is 33.1 Å². The second kappa shape index (κ2) is 7.63. The van der Waals surface area contributed by atoms with Crippen LogP contribution < -0.4 is 10.6 Å². The molecule has 0 aliphatic carbocycles. The summed E-state index contributed by atoms with van der Waals surface area (Å²) in [6.45, 7) is 4.90. The van der Waals surface area contributed by atoms with E-state index in [1.807, 2.05) is 13.8 Å². The van der Waals surface area contributed by atoms with Crippen LogP contribution in [0.3, 0.4) is 0 Å². The molecule has 2 heterocycles. The highest BCUT2D eigenvalue weighted by molar-refractivity contribution is 7.89. The Morgan fingerprint density at radius 3 is 2.57 bits per heavy atom. The van der Waals surface area contributed by atoms with Gasteiger partial charge in [0.15, 0.2) is 11.0 Å². The molecule has 1 fully saturated rings. The first-order valence-electron chi connectivity index (χ1n) is 7.76. The summed E-state index contributed by atoms with van der Waals surface area (Å²) < 4.78 is 26.1. The predicted octanol–water partition coefficient (Wildman–Crippen LogP) is 2.03. The molecule has 0 saturated carbocycles. The molecule has 130 valence electrons. The van der Waals surface area contributed by atoms with Gasteiger partial charge in [-0.25, -0.2) is 22.7 Å². The van der Waals surface area contributed by atoms with Gasteiger partial charge >= 0.3 is 0 Å². The van der Waals surface area contributed by atoms with Crippen LogP contribution in [0.15, 0.2) is 6.33 Å². The van der Waals surface area contributed by atoms with Gasteiger partial charge in [-0.2, -0.15) is 0 Å². The topological polar surface area (TPSA) is 87.2 Å². The first kappa shape index (κ1) is 18.2. The van der Waals surface area contributed by atoms with Crippen molar-refractivity contribution in [3.63, 3.8) is 0 Å². The summed E-state index contributed by atoms with van der Waals surface area (Å²) in [5.74, 6) is 0.990. The molecule has 0 bridgehead atoms. The fourth-order valence-electron chi connectivity index (χ4n) is 2.69. The molecule has 23 heavy (non-hydrogen) atoms. The number of hydrogen-bond acceptors (Lipinski definition) is 6. The summed E-state index contributed by atoms with van der Waals surface area (Å²) in [6, 6.07) is 0.165. The molecule has 1 aromatic rings. The Morgan fingerprint density at radius 2 is 2.00 bits per heavy atom. The Bertz CT molecular complexity index is 630. The van der Waals surface area contributed by atoms with Crippen molar-refractivity contribution in [3.8, 4) is 0 Å². The molecule has 2 N–H and O–H groups in total. The summed E-state index contributed by atoms with van der Waals surface area (Å²) >= 11 is 6.04. The first-order chi connectivity index (χ1) is 10.8. The van der Waals surface area contributed by atoms with Crippen molar-refractivity contribution in [1.29, 1.82) is 0 Å². The molecule has 7 nitrogen and oxygen atoms in total. The number of sulfonamides is 1. The number of nitrogens with zero attached hydrogens (tertiary/aromatic N) is 3.